The third-order valence-electron chi connectivity index (χ3n) is 8.25. The summed E-state index contributed by atoms with van der Waals surface area (Å²) in [6.45, 7) is 6.09. The molecular formula is C29H34BrN3O4S. The van der Waals surface area contributed by atoms with Gasteiger partial charge in [0.25, 0.3) is 0 Å². The Bertz CT molecular complexity index is 1220. The molecule has 2 aromatic carbocycles. The van der Waals surface area contributed by atoms with Gasteiger partial charge in [0, 0.05) is 22.3 Å². The van der Waals surface area contributed by atoms with Gasteiger partial charge in [-0.15, -0.1) is 11.8 Å². The Labute approximate surface area is 236 Å². The minimum absolute atomic E-state index is 0.00586. The van der Waals surface area contributed by atoms with Crippen molar-refractivity contribution < 1.29 is 19.5 Å². The van der Waals surface area contributed by atoms with Gasteiger partial charge in [-0.2, -0.15) is 0 Å². The highest BCUT2D eigenvalue weighted by Crippen LogP contribution is 2.68. The molecule has 7 nitrogen and oxygen atoms in total. The average Bonchev–Trinajstić information content (AvgIpc) is 3.49. The Balaban J connectivity index is 1.61. The minimum atomic E-state index is -0.851. The third-order valence-corrected chi connectivity index (χ3v) is 11.5. The standard InChI is InChI=1S/C29H34BrN3O4S/c1-4-13-31-26(35)21-22-28(37)33(20(15-34)18-11-6-5-7-12-18)25(29(22)14-19(30)24(21)38-29)27(36)32-23-16(2)9-8-10-17(23)3/h5-12,19-22,24-25,34H,4,13-15H2,1-3H3,(H,31,35)(H,32,36)/t19?,20-,21-,22+,24-,25?,29?/m1/s1. The lowest BCUT2D eigenvalue weighted by atomic mass is 9.70. The van der Waals surface area contributed by atoms with Crippen molar-refractivity contribution >= 4 is 51.1 Å². The molecule has 3 unspecified atom stereocenters. The van der Waals surface area contributed by atoms with Crippen LogP contribution in [-0.4, -0.2) is 61.7 Å². The van der Waals surface area contributed by atoms with Crippen LogP contribution in [0.15, 0.2) is 48.5 Å². The molecule has 5 rings (SSSR count). The maximum Gasteiger partial charge on any atom is 0.248 e. The molecule has 0 saturated carbocycles. The summed E-state index contributed by atoms with van der Waals surface area (Å²) in [6, 6.07) is 13.6. The maximum atomic E-state index is 14.4. The van der Waals surface area contributed by atoms with Crippen molar-refractivity contribution in [3.05, 3.63) is 65.2 Å². The number of carbonyl (C=O) groups is 3. The zero-order chi connectivity index (χ0) is 27.2. The van der Waals surface area contributed by atoms with Crippen molar-refractivity contribution in [1.82, 2.24) is 10.2 Å². The molecule has 3 fully saturated rings. The smallest absolute Gasteiger partial charge is 0.248 e. The van der Waals surface area contributed by atoms with E-state index in [1.165, 1.54) is 0 Å². The predicted molar refractivity (Wildman–Crippen MR) is 153 cm³/mol. The Morgan fingerprint density at radius 2 is 1.82 bits per heavy atom. The van der Waals surface area contributed by atoms with Crippen LogP contribution in [0, 0.1) is 25.7 Å². The highest BCUT2D eigenvalue weighted by atomic mass is 79.9. The van der Waals surface area contributed by atoms with Gasteiger partial charge >= 0.3 is 0 Å². The molecule has 0 aliphatic carbocycles. The Hall–Kier alpha value is -2.36. The van der Waals surface area contributed by atoms with Crippen molar-refractivity contribution in [3.8, 4) is 0 Å². The third kappa shape index (κ3) is 4.27. The first-order chi connectivity index (χ1) is 18.2. The lowest BCUT2D eigenvalue weighted by Crippen LogP contribution is -2.54. The highest BCUT2D eigenvalue weighted by Gasteiger charge is 2.76. The average molecular weight is 601 g/mol. The van der Waals surface area contributed by atoms with Gasteiger partial charge < -0.3 is 20.6 Å². The van der Waals surface area contributed by atoms with E-state index in [0.717, 1.165) is 28.8 Å². The predicted octanol–water partition coefficient (Wildman–Crippen LogP) is 3.97. The van der Waals surface area contributed by atoms with E-state index in [1.807, 2.05) is 69.3 Å². The SMILES string of the molecule is CCCNC(=O)[C@H]1[C@@H]2SC3(CC2Br)C(C(=O)Nc2c(C)cccc2C)N([C@H](CO)c2ccccc2)C(=O)[C@H]13. The topological polar surface area (TPSA) is 98.7 Å². The van der Waals surface area contributed by atoms with Crippen LogP contribution in [0.5, 0.6) is 0 Å². The van der Waals surface area contributed by atoms with E-state index in [0.29, 0.717) is 13.0 Å². The molecule has 9 heteroatoms. The number of hydrogen-bond donors (Lipinski definition) is 3. The van der Waals surface area contributed by atoms with E-state index >= 15 is 0 Å². The molecule has 0 radical (unpaired) electrons. The Morgan fingerprint density at radius 1 is 1.13 bits per heavy atom. The largest absolute Gasteiger partial charge is 0.394 e. The molecule has 2 aromatic rings. The Kier molecular flexibility index (Phi) is 7.64. The van der Waals surface area contributed by atoms with Crippen LogP contribution in [-0.2, 0) is 14.4 Å². The molecule has 3 saturated heterocycles. The first-order valence-electron chi connectivity index (χ1n) is 13.2. The molecule has 0 aromatic heterocycles. The molecular weight excluding hydrogens is 566 g/mol. The number of nitrogens with zero attached hydrogens (tertiary/aromatic N) is 1. The quantitative estimate of drug-likeness (QED) is 0.399. The number of amides is 3. The number of benzene rings is 2. The monoisotopic (exact) mass is 599 g/mol. The molecule has 7 atom stereocenters. The lowest BCUT2D eigenvalue weighted by molar-refractivity contribution is -0.142. The second-order valence-electron chi connectivity index (χ2n) is 10.6. The van der Waals surface area contributed by atoms with Crippen LogP contribution < -0.4 is 10.6 Å². The number of rotatable bonds is 8. The van der Waals surface area contributed by atoms with Crippen molar-refractivity contribution in [2.45, 2.75) is 60.5 Å². The van der Waals surface area contributed by atoms with Gasteiger partial charge in [-0.1, -0.05) is 71.4 Å². The molecule has 3 aliphatic heterocycles. The van der Waals surface area contributed by atoms with E-state index in [2.05, 4.69) is 26.6 Å². The summed E-state index contributed by atoms with van der Waals surface area (Å²) in [6.07, 6.45) is 1.38. The molecule has 3 heterocycles. The normalized spacial score (nSPS) is 30.3. The molecule has 2 bridgehead atoms. The minimum Gasteiger partial charge on any atom is -0.394 e. The number of para-hydroxylation sites is 1. The number of aryl methyl sites for hydroxylation is 2. The maximum absolute atomic E-state index is 14.4. The van der Waals surface area contributed by atoms with Crippen LogP contribution in [0.2, 0.25) is 0 Å². The number of alkyl halides is 1. The molecule has 3 N–H and O–H groups in total. The van der Waals surface area contributed by atoms with E-state index < -0.39 is 28.7 Å². The first kappa shape index (κ1) is 27.2. The number of carbonyl (C=O) groups excluding carboxylic acids is 3. The summed E-state index contributed by atoms with van der Waals surface area (Å²) >= 11 is 5.40. The fourth-order valence-corrected chi connectivity index (χ4v) is 10.2. The van der Waals surface area contributed by atoms with Crippen molar-refractivity contribution in [1.29, 1.82) is 0 Å². The molecule has 38 heavy (non-hydrogen) atoms. The summed E-state index contributed by atoms with van der Waals surface area (Å²) in [5.41, 5.74) is 3.36. The fraction of sp³-hybridized carbons (Fsp3) is 0.483. The summed E-state index contributed by atoms with van der Waals surface area (Å²) in [4.78, 5) is 43.7. The van der Waals surface area contributed by atoms with Crippen LogP contribution in [0.4, 0.5) is 5.69 Å². The number of nitrogens with one attached hydrogen (secondary N) is 2. The van der Waals surface area contributed by atoms with Crippen LogP contribution in [0.3, 0.4) is 0 Å². The number of thioether (sulfide) groups is 1. The number of halogens is 1. The lowest BCUT2D eigenvalue weighted by Gasteiger charge is -2.37. The summed E-state index contributed by atoms with van der Waals surface area (Å²) in [5.74, 6) is -1.84. The van der Waals surface area contributed by atoms with Gasteiger partial charge in [-0.05, 0) is 43.4 Å². The van der Waals surface area contributed by atoms with Gasteiger partial charge in [-0.3, -0.25) is 14.4 Å². The summed E-state index contributed by atoms with van der Waals surface area (Å²) in [5, 5.41) is 16.6. The Morgan fingerprint density at radius 3 is 2.45 bits per heavy atom. The van der Waals surface area contributed by atoms with E-state index in [1.54, 1.807) is 16.7 Å². The van der Waals surface area contributed by atoms with Gasteiger partial charge in [0.15, 0.2) is 0 Å². The fourth-order valence-electron chi connectivity index (χ4n) is 6.60. The number of aliphatic hydroxyl groups is 1. The van der Waals surface area contributed by atoms with E-state index in [9.17, 15) is 19.5 Å². The van der Waals surface area contributed by atoms with Gasteiger partial charge in [0.1, 0.15) is 6.04 Å². The second kappa shape index (κ2) is 10.7. The number of hydrogen-bond acceptors (Lipinski definition) is 5. The van der Waals surface area contributed by atoms with E-state index in [-0.39, 0.29) is 34.4 Å². The van der Waals surface area contributed by atoms with Gasteiger partial charge in [-0.25, -0.2) is 0 Å². The summed E-state index contributed by atoms with van der Waals surface area (Å²) in [7, 11) is 0. The molecule has 3 aliphatic rings. The first-order valence-corrected chi connectivity index (χ1v) is 15.0. The van der Waals surface area contributed by atoms with Crippen molar-refractivity contribution in [2.75, 3.05) is 18.5 Å². The van der Waals surface area contributed by atoms with Crippen LogP contribution in [0.1, 0.15) is 42.5 Å². The highest BCUT2D eigenvalue weighted by molar-refractivity contribution is 9.09. The number of fused-ring (bicyclic) bond motifs is 1. The van der Waals surface area contributed by atoms with Crippen LogP contribution >= 0.6 is 27.7 Å². The summed E-state index contributed by atoms with van der Waals surface area (Å²) < 4.78 is -0.785. The molecule has 3 amide bonds. The second-order valence-corrected chi connectivity index (χ2v) is 13.3. The number of aliphatic hydroxyl groups excluding tert-OH is 1. The van der Waals surface area contributed by atoms with Crippen LogP contribution in [0.25, 0.3) is 0 Å². The molecule has 1 spiro atoms. The zero-order valence-electron chi connectivity index (χ0n) is 21.8. The van der Waals surface area contributed by atoms with Crippen molar-refractivity contribution in [2.24, 2.45) is 11.8 Å². The number of likely N-dealkylation sites (tertiary alicyclic amines) is 1. The van der Waals surface area contributed by atoms with Gasteiger partial charge in [0.2, 0.25) is 17.7 Å². The molecule has 202 valence electrons. The van der Waals surface area contributed by atoms with E-state index in [4.69, 9.17) is 0 Å². The van der Waals surface area contributed by atoms with Gasteiger partial charge in [0.05, 0.1) is 29.2 Å². The van der Waals surface area contributed by atoms with Crippen molar-refractivity contribution in [3.63, 3.8) is 0 Å². The number of anilines is 1. The zero-order valence-corrected chi connectivity index (χ0v) is 24.2.